The molecule has 1 aliphatic heterocycles. The summed E-state index contributed by atoms with van der Waals surface area (Å²) in [5.74, 6) is -0.978. The van der Waals surface area contributed by atoms with Crippen LogP contribution >= 0.6 is 0 Å². The molecular formula is C26H25F2N9O3. The highest BCUT2D eigenvalue weighted by Crippen LogP contribution is 2.41. The van der Waals surface area contributed by atoms with Gasteiger partial charge in [0.05, 0.1) is 43.1 Å². The lowest BCUT2D eigenvalue weighted by molar-refractivity contribution is -0.135. The highest BCUT2D eigenvalue weighted by Gasteiger charge is 2.46. The average Bonchev–Trinajstić information content (AvgIpc) is 3.39. The number of methoxy groups -OCH3 is 1. The molecule has 1 atom stereocenters. The number of aromatic nitrogens is 7. The van der Waals surface area contributed by atoms with Gasteiger partial charge in [-0.3, -0.25) is 4.40 Å². The van der Waals surface area contributed by atoms with Crippen LogP contribution in [0.15, 0.2) is 49.4 Å². The number of ether oxygens (including phenoxy) is 3. The second-order valence-corrected chi connectivity index (χ2v) is 9.51. The molecule has 1 saturated heterocycles. The zero-order valence-corrected chi connectivity index (χ0v) is 21.9. The van der Waals surface area contributed by atoms with Gasteiger partial charge < -0.3 is 24.4 Å². The number of hydrogen-bond acceptors (Lipinski definition) is 11. The quantitative estimate of drug-likeness (QED) is 0.316. The Labute approximate surface area is 227 Å². The number of nitrogens with one attached hydrogen (secondary N) is 1. The van der Waals surface area contributed by atoms with Crippen LogP contribution in [-0.4, -0.2) is 78.7 Å². The minimum Gasteiger partial charge on any atom is -0.478 e. The second kappa shape index (κ2) is 10.1. The number of likely N-dealkylation sites (tertiary alicyclic amines) is 1. The first-order valence-corrected chi connectivity index (χ1v) is 12.4. The smallest absolute Gasteiger partial charge is 0.296 e. The van der Waals surface area contributed by atoms with Crippen molar-refractivity contribution in [1.82, 2.24) is 39.4 Å². The van der Waals surface area contributed by atoms with Crippen molar-refractivity contribution in [3.63, 3.8) is 0 Å². The molecule has 12 nitrogen and oxygen atoms in total. The van der Waals surface area contributed by atoms with Gasteiger partial charge in [-0.15, -0.1) is 10.2 Å². The van der Waals surface area contributed by atoms with E-state index in [1.54, 1.807) is 34.8 Å². The van der Waals surface area contributed by atoms with Crippen molar-refractivity contribution in [3.05, 3.63) is 55.0 Å². The van der Waals surface area contributed by atoms with Gasteiger partial charge in [0.15, 0.2) is 17.6 Å². The molecule has 206 valence electrons. The molecule has 1 N–H and O–H groups in total. The molecule has 0 radical (unpaired) electrons. The van der Waals surface area contributed by atoms with E-state index < -0.39 is 18.6 Å². The van der Waals surface area contributed by atoms with E-state index in [0.717, 1.165) is 5.56 Å². The van der Waals surface area contributed by atoms with Gasteiger partial charge >= 0.3 is 0 Å². The van der Waals surface area contributed by atoms with E-state index in [9.17, 15) is 8.78 Å². The van der Waals surface area contributed by atoms with Gasteiger partial charge in [-0.2, -0.15) is 0 Å². The summed E-state index contributed by atoms with van der Waals surface area (Å²) in [4.78, 5) is 18.7. The van der Waals surface area contributed by atoms with Crippen LogP contribution in [0.4, 0.5) is 20.3 Å². The van der Waals surface area contributed by atoms with Crippen molar-refractivity contribution in [2.75, 3.05) is 32.6 Å². The van der Waals surface area contributed by atoms with E-state index in [0.29, 0.717) is 46.2 Å². The van der Waals surface area contributed by atoms with Crippen LogP contribution in [-0.2, 0) is 0 Å². The second-order valence-electron chi connectivity index (χ2n) is 9.51. The number of aryl methyl sites for hydroxylation is 1. The zero-order valence-electron chi connectivity index (χ0n) is 21.9. The molecule has 0 saturated carbocycles. The number of piperidine rings is 1. The third kappa shape index (κ3) is 4.88. The molecule has 0 bridgehead atoms. The summed E-state index contributed by atoms with van der Waals surface area (Å²) in [5, 5.41) is 11.3. The van der Waals surface area contributed by atoms with Crippen LogP contribution < -0.4 is 19.5 Å². The maximum atomic E-state index is 14.9. The maximum absolute atomic E-state index is 14.9. The minimum absolute atomic E-state index is 0.0610. The van der Waals surface area contributed by atoms with E-state index in [2.05, 4.69) is 35.5 Å². The summed E-state index contributed by atoms with van der Waals surface area (Å²) in [6.45, 7) is 1.96. The topological polar surface area (TPSA) is 125 Å². The summed E-state index contributed by atoms with van der Waals surface area (Å²) in [5.41, 5.74) is 1.93. The van der Waals surface area contributed by atoms with Crippen molar-refractivity contribution in [2.45, 2.75) is 25.4 Å². The average molecular weight is 550 g/mol. The molecule has 1 aliphatic rings. The lowest BCUT2D eigenvalue weighted by atomic mass is 10.0. The third-order valence-corrected chi connectivity index (χ3v) is 6.57. The Balaban J connectivity index is 1.31. The monoisotopic (exact) mass is 549 g/mol. The number of alkyl halides is 2. The minimum atomic E-state index is -3.06. The van der Waals surface area contributed by atoms with Crippen LogP contribution in [0.5, 0.6) is 23.1 Å². The van der Waals surface area contributed by atoms with Gasteiger partial charge in [-0.05, 0) is 37.7 Å². The van der Waals surface area contributed by atoms with E-state index in [-0.39, 0.29) is 18.1 Å². The number of halogens is 2. The molecule has 0 amide bonds. The van der Waals surface area contributed by atoms with Crippen molar-refractivity contribution >= 4 is 28.2 Å². The number of fused-ring (bicyclic) bond motifs is 2. The largest absolute Gasteiger partial charge is 0.478 e. The van der Waals surface area contributed by atoms with Crippen molar-refractivity contribution in [3.8, 4) is 23.1 Å². The Bertz CT molecular complexity index is 1700. The molecule has 1 fully saturated rings. The van der Waals surface area contributed by atoms with Gasteiger partial charge in [0, 0.05) is 18.7 Å². The molecule has 0 aliphatic carbocycles. The standard InChI is InChI=1S/C26H25F2N9O3/c1-15-8-16(4-5-19(15)39-17-9-30-25-35-33-14-37(25)11-17)34-23-21-18(31-13-32-23)10-29-24(38-3)22(21)40-20-6-7-36(2)12-26(20,27)28/h4-5,8-11,13-14,20H,6-7,12H2,1-3H3,(H,31,32,34)/t20-/m0/s1. The van der Waals surface area contributed by atoms with Gasteiger partial charge in [0.1, 0.15) is 24.2 Å². The van der Waals surface area contributed by atoms with Crippen LogP contribution in [0, 0.1) is 6.92 Å². The van der Waals surface area contributed by atoms with E-state index in [1.807, 2.05) is 19.1 Å². The number of nitrogens with zero attached hydrogens (tertiary/aromatic N) is 8. The summed E-state index contributed by atoms with van der Waals surface area (Å²) < 4.78 is 48.8. The van der Waals surface area contributed by atoms with Crippen molar-refractivity contribution in [1.29, 1.82) is 0 Å². The molecule has 5 aromatic rings. The normalized spacial score (nSPS) is 17.2. The van der Waals surface area contributed by atoms with Crippen molar-refractivity contribution < 1.29 is 23.0 Å². The predicted octanol–water partition coefficient (Wildman–Crippen LogP) is 4.03. The summed E-state index contributed by atoms with van der Waals surface area (Å²) in [7, 11) is 3.06. The number of benzene rings is 1. The molecule has 5 heterocycles. The van der Waals surface area contributed by atoms with Crippen LogP contribution in [0.1, 0.15) is 12.0 Å². The van der Waals surface area contributed by atoms with Crippen molar-refractivity contribution in [2.24, 2.45) is 0 Å². The lowest BCUT2D eigenvalue weighted by Crippen LogP contribution is -2.52. The van der Waals surface area contributed by atoms with E-state index in [1.165, 1.54) is 26.0 Å². The molecule has 4 aromatic heterocycles. The molecule has 6 rings (SSSR count). The maximum Gasteiger partial charge on any atom is 0.296 e. The molecular weight excluding hydrogens is 524 g/mol. The Morgan fingerprint density at radius 2 is 2.00 bits per heavy atom. The number of hydrogen-bond donors (Lipinski definition) is 1. The summed E-state index contributed by atoms with van der Waals surface area (Å²) in [6, 6.07) is 5.49. The fourth-order valence-electron chi connectivity index (χ4n) is 4.60. The Morgan fingerprint density at radius 1 is 1.12 bits per heavy atom. The number of anilines is 2. The molecule has 14 heteroatoms. The molecule has 40 heavy (non-hydrogen) atoms. The zero-order chi connectivity index (χ0) is 27.9. The highest BCUT2D eigenvalue weighted by molar-refractivity contribution is 5.96. The predicted molar refractivity (Wildman–Crippen MR) is 141 cm³/mol. The fraction of sp³-hybridized carbons (Fsp3) is 0.308. The van der Waals surface area contributed by atoms with Gasteiger partial charge in [-0.1, -0.05) is 0 Å². The first-order chi connectivity index (χ1) is 19.3. The Morgan fingerprint density at radius 3 is 2.80 bits per heavy atom. The van der Waals surface area contributed by atoms with E-state index in [4.69, 9.17) is 14.2 Å². The summed E-state index contributed by atoms with van der Waals surface area (Å²) in [6.07, 6.45) is 6.48. The van der Waals surface area contributed by atoms with Gasteiger partial charge in [0.25, 0.3) is 17.6 Å². The highest BCUT2D eigenvalue weighted by atomic mass is 19.3. The lowest BCUT2D eigenvalue weighted by Gasteiger charge is -2.36. The molecule has 0 unspecified atom stereocenters. The Kier molecular flexibility index (Phi) is 6.46. The van der Waals surface area contributed by atoms with Crippen LogP contribution in [0.3, 0.4) is 0 Å². The van der Waals surface area contributed by atoms with E-state index >= 15 is 0 Å². The number of rotatable bonds is 7. The van der Waals surface area contributed by atoms with Gasteiger partial charge in [-0.25, -0.2) is 28.7 Å². The van der Waals surface area contributed by atoms with Crippen LogP contribution in [0.2, 0.25) is 0 Å². The molecule has 1 aromatic carbocycles. The fourth-order valence-corrected chi connectivity index (χ4v) is 4.60. The molecule has 0 spiro atoms. The third-order valence-electron chi connectivity index (χ3n) is 6.57. The summed E-state index contributed by atoms with van der Waals surface area (Å²) >= 11 is 0. The first-order valence-electron chi connectivity index (χ1n) is 12.4. The van der Waals surface area contributed by atoms with Crippen LogP contribution in [0.25, 0.3) is 16.7 Å². The van der Waals surface area contributed by atoms with Gasteiger partial charge in [0.2, 0.25) is 0 Å². The number of pyridine rings is 1. The SMILES string of the molecule is COc1ncc2ncnc(Nc3ccc(Oc4cnc5nncn5c4)c(C)c3)c2c1O[C@H]1CCN(C)CC1(F)F. The first kappa shape index (κ1) is 25.6. The Hall–Kier alpha value is -4.72.